The Morgan fingerprint density at radius 2 is 1.70 bits per heavy atom. The van der Waals surface area contributed by atoms with E-state index >= 15 is 0 Å². The Hall–Kier alpha value is -3.90. The van der Waals surface area contributed by atoms with Crippen LogP contribution in [0.25, 0.3) is 33.4 Å². The zero-order valence-corrected chi connectivity index (χ0v) is 26.5. The standard InChI is InChI=1S/C37H46N3O3/c1-7-39(8-2)28-15-17-32-34(23-28)43-35-24-29(40(9-3)10-4)16-18-33(35)36(32)31-14-12-11-13-27(31)25-38-21-19-30(20-22-38)42-37(41)26(5)6/h11-18,23-24,30H,5,7-10,19-22,25H2,1-4,6H3/q+1. The van der Waals surface area contributed by atoms with E-state index in [1.807, 2.05) is 0 Å². The van der Waals surface area contributed by atoms with Crippen LogP contribution in [0.3, 0.4) is 0 Å². The molecule has 43 heavy (non-hydrogen) atoms. The molecule has 1 saturated heterocycles. The Morgan fingerprint density at radius 1 is 0.977 bits per heavy atom. The summed E-state index contributed by atoms with van der Waals surface area (Å²) >= 11 is 0. The minimum absolute atomic E-state index is 0.0423. The SMILES string of the molecule is C=C(C)C(=O)OC1CCN(Cc2ccccc2-c2c3ccc(=[N+](CC)CC)cc-3oc3cc(N(CC)CC)ccc23)CC1. The van der Waals surface area contributed by atoms with Gasteiger partial charge in [0.2, 0.25) is 5.36 Å². The maximum absolute atomic E-state index is 12.0. The van der Waals surface area contributed by atoms with Gasteiger partial charge in [0.05, 0.1) is 6.07 Å². The van der Waals surface area contributed by atoms with E-state index in [1.54, 1.807) is 6.92 Å². The molecule has 6 heteroatoms. The average molecular weight is 581 g/mol. The number of carbonyl (C=O) groups excluding carboxylic acids is 1. The van der Waals surface area contributed by atoms with Gasteiger partial charge in [0.1, 0.15) is 30.5 Å². The van der Waals surface area contributed by atoms with Gasteiger partial charge in [-0.25, -0.2) is 9.37 Å². The van der Waals surface area contributed by atoms with Gasteiger partial charge in [0.25, 0.3) is 0 Å². The van der Waals surface area contributed by atoms with E-state index in [1.165, 1.54) is 27.7 Å². The predicted octanol–water partition coefficient (Wildman–Crippen LogP) is 6.95. The second kappa shape index (κ2) is 13.6. The Morgan fingerprint density at radius 3 is 2.37 bits per heavy atom. The first kappa shape index (κ1) is 30.6. The summed E-state index contributed by atoms with van der Waals surface area (Å²) in [4.78, 5) is 16.9. The van der Waals surface area contributed by atoms with Crippen molar-refractivity contribution in [2.45, 2.75) is 60.1 Å². The Labute approximate surface area is 256 Å². The van der Waals surface area contributed by atoms with Crippen LogP contribution >= 0.6 is 0 Å². The van der Waals surface area contributed by atoms with Crippen molar-refractivity contribution in [3.63, 3.8) is 0 Å². The van der Waals surface area contributed by atoms with Crippen LogP contribution in [0.2, 0.25) is 0 Å². The molecule has 226 valence electrons. The van der Waals surface area contributed by atoms with Crippen molar-refractivity contribution in [3.05, 3.63) is 83.7 Å². The highest BCUT2D eigenvalue weighted by atomic mass is 16.5. The number of hydrogen-bond acceptors (Lipinski definition) is 5. The molecule has 2 heterocycles. The molecule has 2 aromatic carbocycles. The highest BCUT2D eigenvalue weighted by Gasteiger charge is 2.25. The molecule has 0 aromatic heterocycles. The number of esters is 1. The number of rotatable bonds is 10. The smallest absolute Gasteiger partial charge is 0.333 e. The van der Waals surface area contributed by atoms with Crippen molar-refractivity contribution in [1.82, 2.24) is 9.48 Å². The molecule has 0 N–H and O–H groups in total. The summed E-state index contributed by atoms with van der Waals surface area (Å²) in [6.45, 7) is 20.6. The molecule has 2 aromatic rings. The van der Waals surface area contributed by atoms with Gasteiger partial charge in [0, 0.05) is 72.6 Å². The topological polar surface area (TPSA) is 48.9 Å². The molecule has 1 fully saturated rings. The normalized spacial score (nSPS) is 14.3. The van der Waals surface area contributed by atoms with Crippen molar-refractivity contribution >= 4 is 22.6 Å². The first-order chi connectivity index (χ1) is 20.9. The quantitative estimate of drug-likeness (QED) is 0.0880. The van der Waals surface area contributed by atoms with Crippen molar-refractivity contribution in [1.29, 1.82) is 0 Å². The fraction of sp³-hybridized carbons (Fsp3) is 0.405. The van der Waals surface area contributed by atoms with Crippen LogP contribution in [-0.2, 0) is 16.1 Å². The number of hydrogen-bond donors (Lipinski definition) is 0. The molecule has 1 aliphatic carbocycles. The molecular weight excluding hydrogens is 534 g/mol. The van der Waals surface area contributed by atoms with Crippen LogP contribution in [0.4, 0.5) is 5.69 Å². The summed E-state index contributed by atoms with van der Waals surface area (Å²) in [5, 5.41) is 2.30. The summed E-state index contributed by atoms with van der Waals surface area (Å²) in [7, 11) is 0. The third-order valence-corrected chi connectivity index (χ3v) is 8.78. The molecule has 2 aliphatic heterocycles. The predicted molar refractivity (Wildman–Crippen MR) is 177 cm³/mol. The van der Waals surface area contributed by atoms with E-state index in [2.05, 4.69) is 109 Å². The molecule has 0 radical (unpaired) electrons. The molecule has 3 aliphatic rings. The maximum Gasteiger partial charge on any atom is 0.333 e. The van der Waals surface area contributed by atoms with Crippen LogP contribution in [-0.4, -0.2) is 56.2 Å². The van der Waals surface area contributed by atoms with E-state index in [0.717, 1.165) is 80.9 Å². The lowest BCUT2D eigenvalue weighted by Gasteiger charge is -2.32. The Kier molecular flexibility index (Phi) is 9.66. The van der Waals surface area contributed by atoms with Crippen molar-refractivity contribution in [3.8, 4) is 22.5 Å². The number of benzene rings is 3. The fourth-order valence-corrected chi connectivity index (χ4v) is 6.31. The van der Waals surface area contributed by atoms with Gasteiger partial charge in [-0.05, 0) is 76.8 Å². The van der Waals surface area contributed by atoms with Gasteiger partial charge in [-0.15, -0.1) is 0 Å². The second-order valence-electron chi connectivity index (χ2n) is 11.5. The third-order valence-electron chi connectivity index (χ3n) is 8.78. The van der Waals surface area contributed by atoms with E-state index in [-0.39, 0.29) is 12.1 Å². The van der Waals surface area contributed by atoms with Gasteiger partial charge >= 0.3 is 5.97 Å². The molecule has 0 spiro atoms. The van der Waals surface area contributed by atoms with Gasteiger partial charge < -0.3 is 14.1 Å². The van der Waals surface area contributed by atoms with Crippen molar-refractivity contribution in [2.75, 3.05) is 44.2 Å². The number of likely N-dealkylation sites (tertiary alicyclic amines) is 1. The summed E-state index contributed by atoms with van der Waals surface area (Å²) in [5.41, 5.74) is 7.39. The van der Waals surface area contributed by atoms with Crippen molar-refractivity contribution in [2.24, 2.45) is 0 Å². The molecule has 5 rings (SSSR count). The number of carbonyl (C=O) groups is 1. The Balaban J connectivity index is 1.58. The lowest BCUT2D eigenvalue weighted by Crippen LogP contribution is -2.37. The number of nitrogens with zero attached hydrogens (tertiary/aromatic N) is 3. The lowest BCUT2D eigenvalue weighted by molar-refractivity contribution is -0.146. The first-order valence-electron chi connectivity index (χ1n) is 15.9. The molecule has 0 bridgehead atoms. The van der Waals surface area contributed by atoms with Crippen LogP contribution < -0.4 is 14.8 Å². The summed E-state index contributed by atoms with van der Waals surface area (Å²) in [6, 6.07) is 22.1. The van der Waals surface area contributed by atoms with E-state index in [0.29, 0.717) is 5.57 Å². The number of piperidine rings is 1. The average Bonchev–Trinajstić information content (AvgIpc) is 3.02. The largest absolute Gasteiger partial charge is 0.459 e. The van der Waals surface area contributed by atoms with E-state index < -0.39 is 0 Å². The summed E-state index contributed by atoms with van der Waals surface area (Å²) in [5.74, 6) is 0.615. The molecule has 0 saturated carbocycles. The Bertz CT molecular complexity index is 1630. The van der Waals surface area contributed by atoms with E-state index in [4.69, 9.17) is 9.15 Å². The van der Waals surface area contributed by atoms with Crippen LogP contribution in [0.15, 0.2) is 77.2 Å². The highest BCUT2D eigenvalue weighted by molar-refractivity contribution is 6.03. The molecule has 0 amide bonds. The van der Waals surface area contributed by atoms with E-state index in [9.17, 15) is 4.79 Å². The number of fused-ring (bicyclic) bond motifs is 2. The fourth-order valence-electron chi connectivity index (χ4n) is 6.31. The van der Waals surface area contributed by atoms with Gasteiger partial charge in [0.15, 0.2) is 0 Å². The molecule has 0 atom stereocenters. The first-order valence-corrected chi connectivity index (χ1v) is 15.9. The van der Waals surface area contributed by atoms with Gasteiger partial charge in [-0.1, -0.05) is 30.8 Å². The summed E-state index contributed by atoms with van der Waals surface area (Å²) in [6.07, 6.45) is 1.62. The minimum Gasteiger partial charge on any atom is -0.459 e. The minimum atomic E-state index is -0.287. The third kappa shape index (κ3) is 6.54. The van der Waals surface area contributed by atoms with Gasteiger partial charge in [-0.2, -0.15) is 0 Å². The molecule has 6 nitrogen and oxygen atoms in total. The molecule has 0 unspecified atom stereocenters. The summed E-state index contributed by atoms with van der Waals surface area (Å²) < 4.78 is 14.7. The number of anilines is 1. The molecular formula is C37H46N3O3+. The van der Waals surface area contributed by atoms with Crippen molar-refractivity contribution < 1.29 is 13.9 Å². The lowest BCUT2D eigenvalue weighted by atomic mass is 9.90. The number of ether oxygens (including phenoxy) is 1. The highest BCUT2D eigenvalue weighted by Crippen LogP contribution is 2.42. The monoisotopic (exact) mass is 580 g/mol. The zero-order chi connectivity index (χ0) is 30.5. The zero-order valence-electron chi connectivity index (χ0n) is 26.5. The maximum atomic E-state index is 12.0. The second-order valence-corrected chi connectivity index (χ2v) is 11.5. The van der Waals surface area contributed by atoms with Crippen LogP contribution in [0.5, 0.6) is 0 Å². The van der Waals surface area contributed by atoms with Gasteiger partial charge in [-0.3, -0.25) is 4.90 Å². The van der Waals surface area contributed by atoms with Crippen LogP contribution in [0, 0.1) is 0 Å². The van der Waals surface area contributed by atoms with Crippen LogP contribution in [0.1, 0.15) is 53.0 Å².